The number of carbonyl (C=O) groups is 3. The average molecular weight is 357 g/mol. The van der Waals surface area contributed by atoms with Gasteiger partial charge in [0, 0.05) is 19.1 Å². The van der Waals surface area contributed by atoms with Crippen LogP contribution in [0.2, 0.25) is 5.02 Å². The molecule has 0 aliphatic rings. The zero-order valence-electron chi connectivity index (χ0n) is 14.1. The number of likely N-dealkylation sites (N-methyl/N-ethyl adjacent to an activating group) is 2. The van der Waals surface area contributed by atoms with Gasteiger partial charge < -0.3 is 19.7 Å². The summed E-state index contributed by atoms with van der Waals surface area (Å²) in [5.74, 6) is -1.05. The largest absolute Gasteiger partial charge is 0.476 e. The number of benzene rings is 1. The van der Waals surface area contributed by atoms with Crippen molar-refractivity contribution in [2.75, 3.05) is 27.2 Å². The Kier molecular flexibility index (Phi) is 7.03. The van der Waals surface area contributed by atoms with Crippen LogP contribution in [0.25, 0.3) is 0 Å². The molecular weight excluding hydrogens is 336 g/mol. The van der Waals surface area contributed by atoms with Gasteiger partial charge in [-0.1, -0.05) is 11.6 Å². The third kappa shape index (κ3) is 6.08. The second kappa shape index (κ2) is 8.54. The second-order valence-corrected chi connectivity index (χ2v) is 6.00. The molecule has 0 saturated heterocycles. The highest BCUT2D eigenvalue weighted by Crippen LogP contribution is 2.21. The number of nitrogens with zero attached hydrogens (tertiary/aromatic N) is 1. The van der Waals surface area contributed by atoms with Gasteiger partial charge in [-0.25, -0.2) is 4.79 Å². The fourth-order valence-corrected chi connectivity index (χ4v) is 1.76. The van der Waals surface area contributed by atoms with Gasteiger partial charge in [0.05, 0.1) is 6.54 Å². The van der Waals surface area contributed by atoms with E-state index in [1.54, 1.807) is 24.3 Å². The van der Waals surface area contributed by atoms with Crippen molar-refractivity contribution in [1.82, 2.24) is 10.2 Å². The summed E-state index contributed by atoms with van der Waals surface area (Å²) in [7, 11) is 2.91. The van der Waals surface area contributed by atoms with E-state index in [1.807, 2.05) is 0 Å². The summed E-state index contributed by atoms with van der Waals surface area (Å²) in [6.45, 7) is 2.47. The molecule has 0 unspecified atom stereocenters. The first-order valence-corrected chi connectivity index (χ1v) is 7.60. The summed E-state index contributed by atoms with van der Waals surface area (Å²) in [4.78, 5) is 36.3. The number of rotatable bonds is 7. The molecule has 0 saturated carbocycles. The van der Waals surface area contributed by atoms with Gasteiger partial charge in [0.15, 0.2) is 12.2 Å². The van der Waals surface area contributed by atoms with E-state index in [0.29, 0.717) is 10.8 Å². The molecule has 8 heteroatoms. The average Bonchev–Trinajstić information content (AvgIpc) is 2.53. The Morgan fingerprint density at radius 1 is 1.21 bits per heavy atom. The van der Waals surface area contributed by atoms with Crippen molar-refractivity contribution >= 4 is 29.4 Å². The quantitative estimate of drug-likeness (QED) is 0.743. The lowest BCUT2D eigenvalue weighted by molar-refractivity contribution is -0.163. The summed E-state index contributed by atoms with van der Waals surface area (Å²) in [5, 5.41) is 2.95. The van der Waals surface area contributed by atoms with Crippen LogP contribution in [0.4, 0.5) is 0 Å². The van der Waals surface area contributed by atoms with Gasteiger partial charge in [0.1, 0.15) is 5.75 Å². The van der Waals surface area contributed by atoms with Crippen molar-refractivity contribution < 1.29 is 23.9 Å². The van der Waals surface area contributed by atoms with Gasteiger partial charge in [0.2, 0.25) is 5.91 Å². The summed E-state index contributed by atoms with van der Waals surface area (Å²) < 4.78 is 10.6. The molecule has 132 valence electrons. The Balaban J connectivity index is 2.54. The highest BCUT2D eigenvalue weighted by molar-refractivity contribution is 6.30. The Hall–Kier alpha value is -2.28. The molecule has 0 aromatic heterocycles. The molecule has 0 atom stereocenters. The summed E-state index contributed by atoms with van der Waals surface area (Å²) in [6, 6.07) is 6.52. The van der Waals surface area contributed by atoms with Gasteiger partial charge in [-0.2, -0.15) is 0 Å². The number of ether oxygens (including phenoxy) is 2. The monoisotopic (exact) mass is 356 g/mol. The molecule has 0 bridgehead atoms. The summed E-state index contributed by atoms with van der Waals surface area (Å²) in [5.41, 5.74) is -1.28. The zero-order valence-corrected chi connectivity index (χ0v) is 14.8. The highest BCUT2D eigenvalue weighted by Gasteiger charge is 2.32. The standard InChI is InChI=1S/C16H21ClN2O5/c1-16(2,24-12-7-5-11(17)6-8-12)15(22)23-10-14(21)19(4)9-13(20)18-3/h5-8H,9-10H2,1-4H3,(H,18,20). The topological polar surface area (TPSA) is 84.9 Å². The van der Waals surface area contributed by atoms with Crippen molar-refractivity contribution in [2.45, 2.75) is 19.4 Å². The van der Waals surface area contributed by atoms with Gasteiger partial charge in [-0.05, 0) is 38.1 Å². The summed E-state index contributed by atoms with van der Waals surface area (Å²) in [6.07, 6.45) is 0. The van der Waals surface area contributed by atoms with Gasteiger partial charge in [-0.3, -0.25) is 9.59 Å². The molecule has 24 heavy (non-hydrogen) atoms. The SMILES string of the molecule is CNC(=O)CN(C)C(=O)COC(=O)C(C)(C)Oc1ccc(Cl)cc1. The number of halogens is 1. The maximum atomic E-state index is 12.1. The predicted octanol–water partition coefficient (Wildman–Crippen LogP) is 1.25. The summed E-state index contributed by atoms with van der Waals surface area (Å²) >= 11 is 5.79. The van der Waals surface area contributed by atoms with E-state index in [-0.39, 0.29) is 12.5 Å². The van der Waals surface area contributed by atoms with Crippen LogP contribution in [0.3, 0.4) is 0 Å². The fourth-order valence-electron chi connectivity index (χ4n) is 1.63. The molecule has 1 rings (SSSR count). The van der Waals surface area contributed by atoms with Crippen LogP contribution in [0.5, 0.6) is 5.75 Å². The first kappa shape index (κ1) is 19.8. The number of esters is 1. The minimum atomic E-state index is -1.28. The lowest BCUT2D eigenvalue weighted by Crippen LogP contribution is -2.43. The molecule has 0 aliphatic carbocycles. The first-order valence-electron chi connectivity index (χ1n) is 7.22. The second-order valence-electron chi connectivity index (χ2n) is 5.57. The van der Waals surface area contributed by atoms with Crippen molar-refractivity contribution in [2.24, 2.45) is 0 Å². The number of hydrogen-bond acceptors (Lipinski definition) is 5. The third-order valence-electron chi connectivity index (χ3n) is 3.09. The van der Waals surface area contributed by atoms with Crippen LogP contribution in [0, 0.1) is 0 Å². The first-order chi connectivity index (χ1) is 11.2. The molecule has 0 heterocycles. The maximum Gasteiger partial charge on any atom is 0.350 e. The Labute approximate surface area is 145 Å². The molecular formula is C16H21ClN2O5. The van der Waals surface area contributed by atoms with E-state index < -0.39 is 24.1 Å². The van der Waals surface area contributed by atoms with Crippen LogP contribution >= 0.6 is 11.6 Å². The van der Waals surface area contributed by atoms with E-state index >= 15 is 0 Å². The number of nitrogens with one attached hydrogen (secondary N) is 1. The minimum Gasteiger partial charge on any atom is -0.476 e. The molecule has 2 amide bonds. The van der Waals surface area contributed by atoms with Crippen molar-refractivity contribution in [3.05, 3.63) is 29.3 Å². The normalized spacial score (nSPS) is 10.7. The number of amides is 2. The maximum absolute atomic E-state index is 12.1. The lowest BCUT2D eigenvalue weighted by atomic mass is 10.1. The van der Waals surface area contributed by atoms with Crippen molar-refractivity contribution in [3.8, 4) is 5.75 Å². The molecule has 0 fully saturated rings. The van der Waals surface area contributed by atoms with Crippen molar-refractivity contribution in [3.63, 3.8) is 0 Å². The minimum absolute atomic E-state index is 0.114. The molecule has 0 radical (unpaired) electrons. The predicted molar refractivity (Wildman–Crippen MR) is 88.8 cm³/mol. The third-order valence-corrected chi connectivity index (χ3v) is 3.34. The molecule has 0 spiro atoms. The van der Waals surface area contributed by atoms with Crippen LogP contribution in [0.15, 0.2) is 24.3 Å². The Morgan fingerprint density at radius 2 is 1.79 bits per heavy atom. The van der Waals surface area contributed by atoms with Crippen LogP contribution in [-0.2, 0) is 19.1 Å². The van der Waals surface area contributed by atoms with Gasteiger partial charge in [-0.15, -0.1) is 0 Å². The van der Waals surface area contributed by atoms with Gasteiger partial charge in [0.25, 0.3) is 5.91 Å². The van der Waals surface area contributed by atoms with E-state index in [1.165, 1.54) is 32.8 Å². The number of carbonyl (C=O) groups excluding carboxylic acids is 3. The lowest BCUT2D eigenvalue weighted by Gasteiger charge is -2.25. The van der Waals surface area contributed by atoms with Crippen molar-refractivity contribution in [1.29, 1.82) is 0 Å². The highest BCUT2D eigenvalue weighted by atomic mass is 35.5. The fraction of sp³-hybridized carbons (Fsp3) is 0.438. The van der Waals surface area contributed by atoms with Crippen LogP contribution in [0.1, 0.15) is 13.8 Å². The molecule has 0 aliphatic heterocycles. The molecule has 1 N–H and O–H groups in total. The molecule has 1 aromatic rings. The number of hydrogen-bond donors (Lipinski definition) is 1. The smallest absolute Gasteiger partial charge is 0.350 e. The Bertz CT molecular complexity index is 601. The van der Waals surface area contributed by atoms with E-state index in [4.69, 9.17) is 21.1 Å². The van der Waals surface area contributed by atoms with Gasteiger partial charge >= 0.3 is 5.97 Å². The molecule has 7 nitrogen and oxygen atoms in total. The van der Waals surface area contributed by atoms with E-state index in [9.17, 15) is 14.4 Å². The van der Waals surface area contributed by atoms with Crippen LogP contribution < -0.4 is 10.1 Å². The Morgan fingerprint density at radius 3 is 2.33 bits per heavy atom. The van der Waals surface area contributed by atoms with Crippen LogP contribution in [-0.4, -0.2) is 55.5 Å². The van der Waals surface area contributed by atoms with E-state index in [0.717, 1.165) is 0 Å². The van der Waals surface area contributed by atoms with E-state index in [2.05, 4.69) is 5.32 Å². The zero-order chi connectivity index (χ0) is 18.3. The molecule has 1 aromatic carbocycles.